The minimum Gasteiger partial charge on any atom is -0.192 e. The Morgan fingerprint density at radius 2 is 2.31 bits per heavy atom. The van der Waals surface area contributed by atoms with Crippen molar-refractivity contribution in [2.45, 2.75) is 12.7 Å². The molecule has 0 atom stereocenters. The standard InChI is InChI=1S/C10H10ClNS/c1-2-13-7-8-3-4-10(11)5-9(8)6-12/h3-5H,2,7H2,1H3. The van der Waals surface area contributed by atoms with Gasteiger partial charge in [0.05, 0.1) is 11.6 Å². The Morgan fingerprint density at radius 3 is 2.92 bits per heavy atom. The summed E-state index contributed by atoms with van der Waals surface area (Å²) in [6.45, 7) is 2.10. The van der Waals surface area contributed by atoms with E-state index < -0.39 is 0 Å². The average Bonchev–Trinajstić information content (AvgIpc) is 2.16. The number of nitriles is 1. The van der Waals surface area contributed by atoms with E-state index in [0.717, 1.165) is 17.1 Å². The molecular weight excluding hydrogens is 202 g/mol. The first kappa shape index (κ1) is 10.4. The molecule has 1 rings (SSSR count). The molecule has 0 spiro atoms. The Balaban J connectivity index is 2.88. The van der Waals surface area contributed by atoms with Gasteiger partial charge in [0, 0.05) is 10.8 Å². The molecule has 0 heterocycles. The summed E-state index contributed by atoms with van der Waals surface area (Å²) in [4.78, 5) is 0. The number of benzene rings is 1. The zero-order chi connectivity index (χ0) is 9.68. The molecule has 0 N–H and O–H groups in total. The maximum Gasteiger partial charge on any atom is 0.0995 e. The third kappa shape index (κ3) is 2.95. The average molecular weight is 212 g/mol. The van der Waals surface area contributed by atoms with E-state index >= 15 is 0 Å². The highest BCUT2D eigenvalue weighted by molar-refractivity contribution is 7.98. The zero-order valence-electron chi connectivity index (χ0n) is 7.38. The van der Waals surface area contributed by atoms with Gasteiger partial charge in [-0.25, -0.2) is 0 Å². The summed E-state index contributed by atoms with van der Waals surface area (Å²) in [5.74, 6) is 1.95. The van der Waals surface area contributed by atoms with E-state index in [4.69, 9.17) is 16.9 Å². The molecule has 1 aromatic carbocycles. The first-order valence-electron chi connectivity index (χ1n) is 4.04. The van der Waals surface area contributed by atoms with Gasteiger partial charge in [-0.3, -0.25) is 0 Å². The van der Waals surface area contributed by atoms with Gasteiger partial charge >= 0.3 is 0 Å². The second kappa shape index (κ2) is 5.16. The van der Waals surface area contributed by atoms with Crippen molar-refractivity contribution in [2.75, 3.05) is 5.75 Å². The third-order valence-electron chi connectivity index (χ3n) is 1.65. The Kier molecular flexibility index (Phi) is 4.14. The fraction of sp³-hybridized carbons (Fsp3) is 0.300. The number of thioether (sulfide) groups is 1. The number of hydrogen-bond acceptors (Lipinski definition) is 2. The number of rotatable bonds is 3. The number of nitrogens with zero attached hydrogens (tertiary/aromatic N) is 1. The fourth-order valence-corrected chi connectivity index (χ4v) is 1.84. The third-order valence-corrected chi connectivity index (χ3v) is 2.81. The molecule has 0 bridgehead atoms. The van der Waals surface area contributed by atoms with E-state index in [1.54, 1.807) is 17.8 Å². The van der Waals surface area contributed by atoms with Crippen LogP contribution in [0.5, 0.6) is 0 Å². The van der Waals surface area contributed by atoms with Gasteiger partial charge in [-0.1, -0.05) is 24.6 Å². The van der Waals surface area contributed by atoms with Gasteiger partial charge in [0.1, 0.15) is 0 Å². The van der Waals surface area contributed by atoms with Crippen molar-refractivity contribution in [2.24, 2.45) is 0 Å². The minimum atomic E-state index is 0.627. The van der Waals surface area contributed by atoms with Crippen LogP contribution in [0.4, 0.5) is 0 Å². The Hall–Kier alpha value is -0.650. The topological polar surface area (TPSA) is 23.8 Å². The molecule has 1 nitrogen and oxygen atoms in total. The number of hydrogen-bond donors (Lipinski definition) is 0. The smallest absolute Gasteiger partial charge is 0.0995 e. The van der Waals surface area contributed by atoms with Gasteiger partial charge in [-0.05, 0) is 23.4 Å². The van der Waals surface area contributed by atoms with Crippen LogP contribution < -0.4 is 0 Å². The summed E-state index contributed by atoms with van der Waals surface area (Å²) in [5, 5.41) is 9.45. The summed E-state index contributed by atoms with van der Waals surface area (Å²) in [7, 11) is 0. The van der Waals surface area contributed by atoms with E-state index in [2.05, 4.69) is 13.0 Å². The van der Waals surface area contributed by atoms with E-state index in [-0.39, 0.29) is 0 Å². The minimum absolute atomic E-state index is 0.627. The molecule has 0 aliphatic rings. The monoisotopic (exact) mass is 211 g/mol. The molecule has 3 heteroatoms. The van der Waals surface area contributed by atoms with E-state index in [1.165, 1.54) is 0 Å². The Bertz CT molecular complexity index is 330. The quantitative estimate of drug-likeness (QED) is 0.765. The molecule has 68 valence electrons. The lowest BCUT2D eigenvalue weighted by molar-refractivity contribution is 1.35. The van der Waals surface area contributed by atoms with Gasteiger partial charge in [-0.15, -0.1) is 0 Å². The molecule has 0 fully saturated rings. The molecule has 0 radical (unpaired) electrons. The molecule has 0 saturated carbocycles. The summed E-state index contributed by atoms with van der Waals surface area (Å²) < 4.78 is 0. The van der Waals surface area contributed by atoms with Crippen LogP contribution in [0, 0.1) is 11.3 Å². The van der Waals surface area contributed by atoms with Crippen molar-refractivity contribution in [3.63, 3.8) is 0 Å². The molecule has 0 amide bonds. The van der Waals surface area contributed by atoms with E-state index in [0.29, 0.717) is 10.6 Å². The van der Waals surface area contributed by atoms with Crippen molar-refractivity contribution >= 4 is 23.4 Å². The molecule has 0 unspecified atom stereocenters. The van der Waals surface area contributed by atoms with Gasteiger partial charge < -0.3 is 0 Å². The van der Waals surface area contributed by atoms with Crippen LogP contribution in [0.2, 0.25) is 5.02 Å². The van der Waals surface area contributed by atoms with Gasteiger partial charge in [0.2, 0.25) is 0 Å². The lowest BCUT2D eigenvalue weighted by atomic mass is 10.1. The summed E-state index contributed by atoms with van der Waals surface area (Å²) in [6.07, 6.45) is 0. The molecular formula is C10H10ClNS. The molecule has 0 aliphatic heterocycles. The van der Waals surface area contributed by atoms with Crippen LogP contribution >= 0.6 is 23.4 Å². The predicted molar refractivity (Wildman–Crippen MR) is 58.0 cm³/mol. The molecule has 0 aromatic heterocycles. The number of halogens is 1. The molecule has 13 heavy (non-hydrogen) atoms. The highest BCUT2D eigenvalue weighted by Gasteiger charge is 2.01. The van der Waals surface area contributed by atoms with Crippen LogP contribution in [0.15, 0.2) is 18.2 Å². The second-order valence-electron chi connectivity index (χ2n) is 2.55. The van der Waals surface area contributed by atoms with Crippen LogP contribution in [0.1, 0.15) is 18.1 Å². The van der Waals surface area contributed by atoms with Gasteiger partial charge in [-0.2, -0.15) is 17.0 Å². The second-order valence-corrected chi connectivity index (χ2v) is 4.26. The maximum absolute atomic E-state index is 8.82. The van der Waals surface area contributed by atoms with Crippen LogP contribution in [0.3, 0.4) is 0 Å². The van der Waals surface area contributed by atoms with Crippen molar-refractivity contribution in [3.8, 4) is 6.07 Å². The Labute approximate surface area is 87.7 Å². The van der Waals surface area contributed by atoms with E-state index in [1.807, 2.05) is 12.1 Å². The first-order chi connectivity index (χ1) is 6.27. The predicted octanol–water partition coefficient (Wildman–Crippen LogP) is 3.46. The Morgan fingerprint density at radius 1 is 1.54 bits per heavy atom. The fourth-order valence-electron chi connectivity index (χ4n) is 0.991. The van der Waals surface area contributed by atoms with Crippen molar-refractivity contribution in [1.82, 2.24) is 0 Å². The SMILES string of the molecule is CCSCc1ccc(Cl)cc1C#N. The highest BCUT2D eigenvalue weighted by Crippen LogP contribution is 2.19. The molecule has 1 aromatic rings. The largest absolute Gasteiger partial charge is 0.192 e. The van der Waals surface area contributed by atoms with Gasteiger partial charge in [0.15, 0.2) is 0 Å². The van der Waals surface area contributed by atoms with Crippen LogP contribution in [-0.4, -0.2) is 5.75 Å². The van der Waals surface area contributed by atoms with Crippen molar-refractivity contribution in [1.29, 1.82) is 5.26 Å². The van der Waals surface area contributed by atoms with Gasteiger partial charge in [0.25, 0.3) is 0 Å². The van der Waals surface area contributed by atoms with Crippen LogP contribution in [0.25, 0.3) is 0 Å². The van der Waals surface area contributed by atoms with Crippen molar-refractivity contribution in [3.05, 3.63) is 34.3 Å². The normalized spacial score (nSPS) is 9.62. The molecule has 0 saturated heterocycles. The highest BCUT2D eigenvalue weighted by atomic mass is 35.5. The lowest BCUT2D eigenvalue weighted by Gasteiger charge is -2.02. The summed E-state index contributed by atoms with van der Waals surface area (Å²) in [6, 6.07) is 7.61. The zero-order valence-corrected chi connectivity index (χ0v) is 8.95. The summed E-state index contributed by atoms with van der Waals surface area (Å²) >= 11 is 7.57. The van der Waals surface area contributed by atoms with Crippen molar-refractivity contribution < 1.29 is 0 Å². The van der Waals surface area contributed by atoms with Crippen LogP contribution in [-0.2, 0) is 5.75 Å². The molecule has 0 aliphatic carbocycles. The first-order valence-corrected chi connectivity index (χ1v) is 5.57. The lowest BCUT2D eigenvalue weighted by Crippen LogP contribution is -1.87. The maximum atomic E-state index is 8.82. The van der Waals surface area contributed by atoms with E-state index in [9.17, 15) is 0 Å². The summed E-state index contributed by atoms with van der Waals surface area (Å²) in [5.41, 5.74) is 1.76.